The number of halogens is 2. The molecule has 0 saturated heterocycles. The molecule has 0 aliphatic heterocycles. The number of aryl methyl sites for hydroxylation is 1. The topological polar surface area (TPSA) is 16.4 Å². The molecule has 0 amide bonds. The zero-order valence-corrected chi connectivity index (χ0v) is 33.1. The van der Waals surface area contributed by atoms with E-state index in [0.29, 0.717) is 0 Å². The molecule has 4 heteroatoms. The minimum Gasteiger partial charge on any atom is -0.456 e. The number of hydrogen-bond donors (Lipinski definition) is 0. The van der Waals surface area contributed by atoms with Crippen LogP contribution in [-0.4, -0.2) is 0 Å². The second-order valence-electron chi connectivity index (χ2n) is 14.1. The number of fused-ring (bicyclic) bond motifs is 6. The lowest BCUT2D eigenvalue weighted by atomic mass is 9.91. The summed E-state index contributed by atoms with van der Waals surface area (Å²) >= 11 is 7.92. The second kappa shape index (κ2) is 13.7. The number of nitrogens with zero attached hydrogens (tertiary/aromatic N) is 1. The fourth-order valence-corrected chi connectivity index (χ4v) is 9.29. The van der Waals surface area contributed by atoms with Crippen molar-refractivity contribution in [3.8, 4) is 33.4 Å². The molecule has 55 heavy (non-hydrogen) atoms. The Morgan fingerprint density at radius 3 is 1.67 bits per heavy atom. The van der Waals surface area contributed by atoms with E-state index in [1.165, 1.54) is 43.8 Å². The van der Waals surface area contributed by atoms with Gasteiger partial charge in [-0.3, -0.25) is 0 Å². The Bertz CT molecular complexity index is 3060. The maximum Gasteiger partial charge on any atom is 0.138 e. The van der Waals surface area contributed by atoms with Gasteiger partial charge in [0, 0.05) is 37.2 Å². The molecule has 2 nitrogen and oxygen atoms in total. The third-order valence-electron chi connectivity index (χ3n) is 10.6. The minimum atomic E-state index is 0.815. The summed E-state index contributed by atoms with van der Waals surface area (Å²) in [5.74, 6) is 0. The molecule has 0 N–H and O–H groups in total. The molecule has 9 aromatic carbocycles. The van der Waals surface area contributed by atoms with Crippen LogP contribution in [-0.2, 0) is 0 Å². The van der Waals surface area contributed by atoms with Gasteiger partial charge in [0.05, 0.1) is 5.69 Å². The van der Waals surface area contributed by atoms with Gasteiger partial charge < -0.3 is 9.32 Å². The molecule has 0 radical (unpaired) electrons. The Morgan fingerprint density at radius 1 is 0.400 bits per heavy atom. The smallest absolute Gasteiger partial charge is 0.138 e. The lowest BCUT2D eigenvalue weighted by Crippen LogP contribution is -2.09. The van der Waals surface area contributed by atoms with Gasteiger partial charge >= 0.3 is 0 Å². The summed E-state index contributed by atoms with van der Waals surface area (Å²) in [6.45, 7) is 2.11. The largest absolute Gasteiger partial charge is 0.456 e. The number of para-hydroxylation sites is 1. The second-order valence-corrected chi connectivity index (χ2v) is 15.8. The quantitative estimate of drug-likeness (QED) is 0.155. The van der Waals surface area contributed by atoms with E-state index >= 15 is 0 Å². The molecule has 0 fully saturated rings. The van der Waals surface area contributed by atoms with Crippen molar-refractivity contribution in [2.75, 3.05) is 4.90 Å². The number of furan rings is 1. The van der Waals surface area contributed by atoms with Crippen LogP contribution in [0, 0.1) is 6.92 Å². The van der Waals surface area contributed by atoms with Crippen LogP contribution in [0.4, 0.5) is 17.1 Å². The van der Waals surface area contributed by atoms with E-state index in [9.17, 15) is 0 Å². The fraction of sp³-hybridized carbons (Fsp3) is 0.0196. The molecule has 0 aliphatic rings. The average molecular weight is 836 g/mol. The van der Waals surface area contributed by atoms with Gasteiger partial charge in [-0.15, -0.1) is 0 Å². The molecule has 1 aromatic heterocycles. The lowest BCUT2D eigenvalue weighted by molar-refractivity contribution is 0.669. The first-order valence-electron chi connectivity index (χ1n) is 18.4. The summed E-state index contributed by atoms with van der Waals surface area (Å²) in [4.78, 5) is 2.27. The zero-order chi connectivity index (χ0) is 37.0. The van der Waals surface area contributed by atoms with Crippen LogP contribution in [0.2, 0.25) is 0 Å². The Balaban J connectivity index is 1.05. The summed E-state index contributed by atoms with van der Waals surface area (Å²) in [5, 5.41) is 7.16. The van der Waals surface area contributed by atoms with Crippen LogP contribution in [0.5, 0.6) is 0 Å². The van der Waals surface area contributed by atoms with Crippen LogP contribution >= 0.6 is 31.9 Å². The summed E-state index contributed by atoms with van der Waals surface area (Å²) in [6.07, 6.45) is 0. The summed E-state index contributed by atoms with van der Waals surface area (Å²) in [7, 11) is 0. The first-order valence-corrected chi connectivity index (χ1v) is 20.0. The number of rotatable bonds is 6. The number of anilines is 3. The van der Waals surface area contributed by atoms with Gasteiger partial charge in [-0.25, -0.2) is 0 Å². The van der Waals surface area contributed by atoms with Crippen molar-refractivity contribution in [3.05, 3.63) is 196 Å². The highest BCUT2D eigenvalue weighted by molar-refractivity contribution is 9.11. The SMILES string of the molecule is Cc1ccc(N(c2ccccc2)c2cc(Br)c3c(c2)oc2cc(-c4ccccc4-c4ccc(-c5cc6ccccc6c6ccccc56)cc4)cc(Br)c23)cc1. The molecule has 0 bridgehead atoms. The van der Waals surface area contributed by atoms with Crippen molar-refractivity contribution in [3.63, 3.8) is 0 Å². The molecule has 0 saturated carbocycles. The molecular weight excluding hydrogens is 802 g/mol. The van der Waals surface area contributed by atoms with Gasteiger partial charge in [0.2, 0.25) is 0 Å². The predicted octanol–water partition coefficient (Wildman–Crippen LogP) is 16.2. The molecule has 1 heterocycles. The summed E-state index contributed by atoms with van der Waals surface area (Å²) in [6, 6.07) is 65.1. The average Bonchev–Trinajstić information content (AvgIpc) is 3.61. The highest BCUT2D eigenvalue weighted by atomic mass is 79.9. The van der Waals surface area contributed by atoms with Crippen molar-refractivity contribution in [2.24, 2.45) is 0 Å². The summed E-state index contributed by atoms with van der Waals surface area (Å²) in [5.41, 5.74) is 13.0. The van der Waals surface area contributed by atoms with Gasteiger partial charge in [0.15, 0.2) is 0 Å². The Kier molecular flexibility index (Phi) is 8.39. The van der Waals surface area contributed by atoms with Crippen LogP contribution in [0.1, 0.15) is 5.56 Å². The molecule has 0 unspecified atom stereocenters. The fourth-order valence-electron chi connectivity index (χ4n) is 8.03. The highest BCUT2D eigenvalue weighted by Crippen LogP contribution is 2.46. The molecule has 0 atom stereocenters. The molecule has 10 aromatic rings. The highest BCUT2D eigenvalue weighted by Gasteiger charge is 2.21. The van der Waals surface area contributed by atoms with Gasteiger partial charge in [-0.05, 0) is 142 Å². The zero-order valence-electron chi connectivity index (χ0n) is 29.9. The van der Waals surface area contributed by atoms with E-state index in [-0.39, 0.29) is 0 Å². The van der Waals surface area contributed by atoms with E-state index in [2.05, 4.69) is 220 Å². The maximum atomic E-state index is 6.75. The number of benzene rings is 9. The molecule has 0 spiro atoms. The molecule has 262 valence electrons. The van der Waals surface area contributed by atoms with Crippen LogP contribution in [0.15, 0.2) is 195 Å². The number of hydrogen-bond acceptors (Lipinski definition) is 2. The first-order chi connectivity index (χ1) is 27.0. The molecular formula is C51H33Br2NO. The van der Waals surface area contributed by atoms with Crippen LogP contribution < -0.4 is 4.90 Å². The maximum absolute atomic E-state index is 6.75. The van der Waals surface area contributed by atoms with Crippen molar-refractivity contribution >= 4 is 92.4 Å². The van der Waals surface area contributed by atoms with Crippen molar-refractivity contribution < 1.29 is 4.42 Å². The Morgan fingerprint density at radius 2 is 0.945 bits per heavy atom. The van der Waals surface area contributed by atoms with E-state index in [0.717, 1.165) is 64.6 Å². The Hall–Kier alpha value is -5.94. The van der Waals surface area contributed by atoms with Crippen LogP contribution in [0.3, 0.4) is 0 Å². The van der Waals surface area contributed by atoms with Gasteiger partial charge in [-0.1, -0.05) is 133 Å². The summed E-state index contributed by atoms with van der Waals surface area (Å²) < 4.78 is 8.70. The van der Waals surface area contributed by atoms with E-state index in [1.54, 1.807) is 0 Å². The van der Waals surface area contributed by atoms with Crippen molar-refractivity contribution in [2.45, 2.75) is 6.92 Å². The first kappa shape index (κ1) is 33.6. The van der Waals surface area contributed by atoms with Crippen LogP contribution in [0.25, 0.3) is 76.9 Å². The van der Waals surface area contributed by atoms with E-state index in [1.807, 2.05) is 6.07 Å². The Labute approximate surface area is 336 Å². The molecule has 0 aliphatic carbocycles. The monoisotopic (exact) mass is 833 g/mol. The van der Waals surface area contributed by atoms with E-state index < -0.39 is 0 Å². The lowest BCUT2D eigenvalue weighted by Gasteiger charge is -2.25. The third kappa shape index (κ3) is 5.94. The van der Waals surface area contributed by atoms with Crippen molar-refractivity contribution in [1.82, 2.24) is 0 Å². The van der Waals surface area contributed by atoms with Crippen molar-refractivity contribution in [1.29, 1.82) is 0 Å². The molecule has 10 rings (SSSR count). The van der Waals surface area contributed by atoms with Gasteiger partial charge in [-0.2, -0.15) is 0 Å². The normalized spacial score (nSPS) is 11.5. The third-order valence-corrected chi connectivity index (χ3v) is 11.9. The standard InChI is InChI=1S/C51H33Br2NO/c1-32-19-25-38(26-20-32)54(37-12-3-2-4-13-37)39-30-47(53)51-49(31-39)55-48-29-36(28-46(52)50(48)51)42-16-8-7-14-40(42)33-21-23-34(24-22-33)45-27-35-11-5-6-15-41(35)43-17-9-10-18-44(43)45/h2-31H,1H3. The van der Waals surface area contributed by atoms with E-state index in [4.69, 9.17) is 4.42 Å². The minimum absolute atomic E-state index is 0.815. The van der Waals surface area contributed by atoms with Gasteiger partial charge in [0.1, 0.15) is 11.2 Å². The predicted molar refractivity (Wildman–Crippen MR) is 240 cm³/mol. The van der Waals surface area contributed by atoms with Gasteiger partial charge in [0.25, 0.3) is 0 Å².